The molecule has 2 aromatic carbocycles. The second-order valence-electron chi connectivity index (χ2n) is 4.71. The van der Waals surface area contributed by atoms with Crippen molar-refractivity contribution in [2.24, 2.45) is 0 Å². The Hall–Kier alpha value is -2.01. The molecule has 0 saturated heterocycles. The minimum atomic E-state index is -1.49. The molecule has 0 bridgehead atoms. The molecule has 0 aliphatic rings. The second kappa shape index (κ2) is 5.07. The molecule has 0 saturated carbocycles. The molecule has 1 heterocycles. The van der Waals surface area contributed by atoms with Gasteiger partial charge in [0.05, 0.1) is 22.6 Å². The maximum absolute atomic E-state index is 13.5. The standard InChI is InChI=1S/C15H10ClF3N2/c1-8-2-3-13-12(4-8)20-14(7-16)21(13)9-5-10(17)15(19)11(18)6-9/h2-6H,7H2,1H3. The van der Waals surface area contributed by atoms with E-state index in [0.29, 0.717) is 16.9 Å². The van der Waals surface area contributed by atoms with Crippen LogP contribution in [0.2, 0.25) is 0 Å². The molecule has 21 heavy (non-hydrogen) atoms. The second-order valence-corrected chi connectivity index (χ2v) is 4.98. The zero-order valence-corrected chi connectivity index (χ0v) is 11.8. The Kier molecular flexibility index (Phi) is 3.37. The van der Waals surface area contributed by atoms with Gasteiger partial charge in [0, 0.05) is 12.1 Å². The van der Waals surface area contributed by atoms with Crippen LogP contribution in [0.1, 0.15) is 11.4 Å². The highest BCUT2D eigenvalue weighted by Crippen LogP contribution is 2.25. The third kappa shape index (κ3) is 2.27. The molecule has 0 aliphatic heterocycles. The number of fused-ring (bicyclic) bond motifs is 1. The lowest BCUT2D eigenvalue weighted by atomic mass is 10.2. The van der Waals surface area contributed by atoms with Crippen LogP contribution in [-0.4, -0.2) is 9.55 Å². The smallest absolute Gasteiger partial charge is 0.194 e. The van der Waals surface area contributed by atoms with Crippen LogP contribution in [0.4, 0.5) is 13.2 Å². The first-order chi connectivity index (χ1) is 10.0. The molecule has 108 valence electrons. The van der Waals surface area contributed by atoms with Gasteiger partial charge in [0.1, 0.15) is 5.82 Å². The van der Waals surface area contributed by atoms with Crippen molar-refractivity contribution >= 4 is 22.6 Å². The SMILES string of the molecule is Cc1ccc2c(c1)nc(CCl)n2-c1cc(F)c(F)c(F)c1. The van der Waals surface area contributed by atoms with Gasteiger partial charge in [-0.25, -0.2) is 18.2 Å². The highest BCUT2D eigenvalue weighted by atomic mass is 35.5. The van der Waals surface area contributed by atoms with E-state index in [9.17, 15) is 13.2 Å². The van der Waals surface area contributed by atoms with Gasteiger partial charge in [-0.1, -0.05) is 6.07 Å². The van der Waals surface area contributed by atoms with Gasteiger partial charge in [-0.15, -0.1) is 11.6 Å². The summed E-state index contributed by atoms with van der Waals surface area (Å²) >= 11 is 5.86. The first-order valence-electron chi connectivity index (χ1n) is 6.20. The summed E-state index contributed by atoms with van der Waals surface area (Å²) in [6.45, 7) is 1.91. The molecule has 3 aromatic rings. The molecule has 0 spiro atoms. The lowest BCUT2D eigenvalue weighted by Crippen LogP contribution is -2.02. The fourth-order valence-electron chi connectivity index (χ4n) is 2.29. The molecule has 1 aromatic heterocycles. The fraction of sp³-hybridized carbons (Fsp3) is 0.133. The molecule has 3 rings (SSSR count). The van der Waals surface area contributed by atoms with Crippen LogP contribution >= 0.6 is 11.6 Å². The number of rotatable bonds is 2. The molecule has 0 unspecified atom stereocenters. The summed E-state index contributed by atoms with van der Waals surface area (Å²) in [7, 11) is 0. The van der Waals surface area contributed by atoms with Crippen molar-refractivity contribution in [1.82, 2.24) is 9.55 Å². The summed E-state index contributed by atoms with van der Waals surface area (Å²) < 4.78 is 41.5. The molecule has 0 aliphatic carbocycles. The minimum Gasteiger partial charge on any atom is -0.295 e. The van der Waals surface area contributed by atoms with Crippen LogP contribution in [-0.2, 0) is 5.88 Å². The van der Waals surface area contributed by atoms with Crippen LogP contribution < -0.4 is 0 Å². The Morgan fingerprint density at radius 1 is 1.10 bits per heavy atom. The molecule has 0 fully saturated rings. The summed E-state index contributed by atoms with van der Waals surface area (Å²) in [6, 6.07) is 7.34. The van der Waals surface area contributed by atoms with Crippen molar-refractivity contribution in [2.75, 3.05) is 0 Å². The van der Waals surface area contributed by atoms with Gasteiger partial charge in [0.15, 0.2) is 17.5 Å². The number of halogens is 4. The zero-order chi connectivity index (χ0) is 15.1. The summed E-state index contributed by atoms with van der Waals surface area (Å²) in [4.78, 5) is 4.34. The Labute approximate surface area is 123 Å². The van der Waals surface area contributed by atoms with Crippen LogP contribution in [0.25, 0.3) is 16.7 Å². The maximum Gasteiger partial charge on any atom is 0.194 e. The number of benzene rings is 2. The number of hydrogen-bond acceptors (Lipinski definition) is 1. The predicted octanol–water partition coefficient (Wildman–Crippen LogP) is 4.49. The average molecular weight is 311 g/mol. The van der Waals surface area contributed by atoms with Gasteiger partial charge in [-0.2, -0.15) is 0 Å². The third-order valence-electron chi connectivity index (χ3n) is 3.23. The monoisotopic (exact) mass is 310 g/mol. The summed E-state index contributed by atoms with van der Waals surface area (Å²) in [6.07, 6.45) is 0. The Morgan fingerprint density at radius 2 is 1.76 bits per heavy atom. The van der Waals surface area contributed by atoms with Gasteiger partial charge in [0.25, 0.3) is 0 Å². The molecular formula is C15H10ClF3N2. The van der Waals surface area contributed by atoms with E-state index in [-0.39, 0.29) is 11.6 Å². The average Bonchev–Trinajstić information content (AvgIpc) is 2.81. The van der Waals surface area contributed by atoms with E-state index in [1.807, 2.05) is 19.1 Å². The fourth-order valence-corrected chi connectivity index (χ4v) is 2.47. The Balaban J connectivity index is 2.33. The van der Waals surface area contributed by atoms with Gasteiger partial charge >= 0.3 is 0 Å². The van der Waals surface area contributed by atoms with Gasteiger partial charge in [-0.3, -0.25) is 4.57 Å². The molecule has 2 nitrogen and oxygen atoms in total. The van der Waals surface area contributed by atoms with Crippen molar-refractivity contribution in [3.8, 4) is 5.69 Å². The first-order valence-corrected chi connectivity index (χ1v) is 6.73. The summed E-state index contributed by atoms with van der Waals surface area (Å²) in [5.41, 5.74) is 2.47. The van der Waals surface area contributed by atoms with Crippen molar-refractivity contribution < 1.29 is 13.2 Å². The van der Waals surface area contributed by atoms with Crippen LogP contribution in [0.15, 0.2) is 30.3 Å². The first kappa shape index (κ1) is 13.9. The topological polar surface area (TPSA) is 17.8 Å². The zero-order valence-electron chi connectivity index (χ0n) is 11.0. The molecule has 6 heteroatoms. The quantitative estimate of drug-likeness (QED) is 0.504. The maximum atomic E-state index is 13.5. The lowest BCUT2D eigenvalue weighted by molar-refractivity contribution is 0.446. The number of imidazole rings is 1. The summed E-state index contributed by atoms with van der Waals surface area (Å²) in [5.74, 6) is -3.50. The highest BCUT2D eigenvalue weighted by molar-refractivity contribution is 6.17. The largest absolute Gasteiger partial charge is 0.295 e. The van der Waals surface area contributed by atoms with Gasteiger partial charge in [-0.05, 0) is 24.6 Å². The number of aryl methyl sites for hydroxylation is 1. The number of aromatic nitrogens is 2. The normalized spacial score (nSPS) is 11.3. The third-order valence-corrected chi connectivity index (χ3v) is 3.46. The number of hydrogen-bond donors (Lipinski definition) is 0. The van der Waals surface area contributed by atoms with E-state index in [0.717, 1.165) is 17.7 Å². The van der Waals surface area contributed by atoms with E-state index in [4.69, 9.17) is 11.6 Å². The van der Waals surface area contributed by atoms with E-state index in [1.54, 1.807) is 6.07 Å². The number of alkyl halides is 1. The highest BCUT2D eigenvalue weighted by Gasteiger charge is 2.16. The Morgan fingerprint density at radius 3 is 2.38 bits per heavy atom. The van der Waals surface area contributed by atoms with Crippen molar-refractivity contribution in [3.63, 3.8) is 0 Å². The molecule has 0 atom stereocenters. The van der Waals surface area contributed by atoms with Crippen LogP contribution in [0.3, 0.4) is 0 Å². The molecule has 0 amide bonds. The van der Waals surface area contributed by atoms with Crippen molar-refractivity contribution in [1.29, 1.82) is 0 Å². The molecule has 0 radical (unpaired) electrons. The van der Waals surface area contributed by atoms with Crippen LogP contribution in [0.5, 0.6) is 0 Å². The summed E-state index contributed by atoms with van der Waals surface area (Å²) in [5, 5.41) is 0. The van der Waals surface area contributed by atoms with Crippen molar-refractivity contribution in [2.45, 2.75) is 12.8 Å². The van der Waals surface area contributed by atoms with E-state index in [2.05, 4.69) is 4.98 Å². The van der Waals surface area contributed by atoms with Crippen molar-refractivity contribution in [3.05, 3.63) is 59.2 Å². The van der Waals surface area contributed by atoms with Crippen LogP contribution in [0, 0.1) is 24.4 Å². The molecule has 0 N–H and O–H groups in total. The van der Waals surface area contributed by atoms with Gasteiger partial charge < -0.3 is 0 Å². The van der Waals surface area contributed by atoms with E-state index < -0.39 is 17.5 Å². The Bertz CT molecular complexity index is 819. The lowest BCUT2D eigenvalue weighted by Gasteiger charge is -2.09. The van der Waals surface area contributed by atoms with E-state index in [1.165, 1.54) is 4.57 Å². The molecular weight excluding hydrogens is 301 g/mol. The predicted molar refractivity (Wildman–Crippen MR) is 75.2 cm³/mol. The van der Waals surface area contributed by atoms with E-state index >= 15 is 0 Å². The number of nitrogens with zero attached hydrogens (tertiary/aromatic N) is 2. The minimum absolute atomic E-state index is 0.0638. The van der Waals surface area contributed by atoms with Gasteiger partial charge in [0.2, 0.25) is 0 Å².